The second-order valence-electron chi connectivity index (χ2n) is 10.2. The van der Waals surface area contributed by atoms with Crippen LogP contribution in [0.2, 0.25) is 5.02 Å². The van der Waals surface area contributed by atoms with Gasteiger partial charge in [0.2, 0.25) is 10.0 Å². The quantitative estimate of drug-likeness (QED) is 0.156. The summed E-state index contributed by atoms with van der Waals surface area (Å²) in [7, 11) is -2.29. The maximum absolute atomic E-state index is 13.5. The Morgan fingerprint density at radius 2 is 1.62 bits per heavy atom. The van der Waals surface area contributed by atoms with Gasteiger partial charge in [-0.15, -0.1) is 0 Å². The Hall–Kier alpha value is -4.65. The number of rotatable bonds is 10. The number of amides is 2. The average Bonchev–Trinajstić information content (AvgIpc) is 3.51. The van der Waals surface area contributed by atoms with E-state index in [2.05, 4.69) is 15.4 Å². The molecule has 1 aliphatic heterocycles. The number of ether oxygens (including phenoxy) is 1. The summed E-state index contributed by atoms with van der Waals surface area (Å²) in [5.74, 6) is -0.174. The summed E-state index contributed by atoms with van der Waals surface area (Å²) in [5, 5.41) is 4.30. The van der Waals surface area contributed by atoms with Crippen molar-refractivity contribution in [3.05, 3.63) is 113 Å². The Morgan fingerprint density at radius 1 is 0.933 bits per heavy atom. The number of hydrogen-bond donors (Lipinski definition) is 1. The molecule has 2 heterocycles. The van der Waals surface area contributed by atoms with Gasteiger partial charge in [-0.2, -0.15) is 9.41 Å². The zero-order valence-corrected chi connectivity index (χ0v) is 26.1. The molecule has 2 amide bonds. The average molecular weight is 650 g/mol. The number of sulfonamides is 1. The second kappa shape index (κ2) is 14.4. The van der Waals surface area contributed by atoms with Crippen molar-refractivity contribution in [2.24, 2.45) is 5.10 Å². The Labute approximate surface area is 266 Å². The third kappa shape index (κ3) is 7.90. The number of hydrogen-bond acceptors (Lipinski definition) is 8. The van der Waals surface area contributed by atoms with Crippen LogP contribution in [0.15, 0.2) is 105 Å². The second-order valence-corrected chi connectivity index (χ2v) is 12.5. The molecule has 0 radical (unpaired) electrons. The molecule has 4 aromatic rings. The molecule has 0 bridgehead atoms. The Kier molecular flexibility index (Phi) is 10.2. The summed E-state index contributed by atoms with van der Waals surface area (Å²) in [6, 6.07) is 26.1. The summed E-state index contributed by atoms with van der Waals surface area (Å²) < 4.78 is 39.6. The lowest BCUT2D eigenvalue weighted by molar-refractivity contribution is -0.146. The number of nitrogens with one attached hydrogen (secondary N) is 1. The fraction of sp³-hybridized carbons (Fsp3) is 0.219. The number of halogens is 1. The van der Waals surface area contributed by atoms with Crippen molar-refractivity contribution in [3.8, 4) is 5.75 Å². The van der Waals surface area contributed by atoms with E-state index in [1.54, 1.807) is 19.2 Å². The maximum Gasteiger partial charge on any atom is 0.329 e. The van der Waals surface area contributed by atoms with E-state index in [9.17, 15) is 18.0 Å². The van der Waals surface area contributed by atoms with E-state index in [-0.39, 0.29) is 23.7 Å². The third-order valence-electron chi connectivity index (χ3n) is 7.21. The highest BCUT2D eigenvalue weighted by Gasteiger charge is 2.28. The number of carbonyl (C=O) groups excluding carboxylic acids is 2. The lowest BCUT2D eigenvalue weighted by Crippen LogP contribution is -2.52. The number of hydrazone groups is 1. The molecule has 3 aromatic carbocycles. The van der Waals surface area contributed by atoms with E-state index in [1.807, 2.05) is 54.6 Å². The molecule has 1 fully saturated rings. The van der Waals surface area contributed by atoms with Crippen molar-refractivity contribution >= 4 is 45.3 Å². The molecule has 13 heteroatoms. The van der Waals surface area contributed by atoms with E-state index >= 15 is 0 Å². The van der Waals surface area contributed by atoms with Crippen LogP contribution in [0.1, 0.15) is 17.1 Å². The number of methoxy groups -OCH3 is 1. The molecule has 45 heavy (non-hydrogen) atoms. The highest BCUT2D eigenvalue weighted by molar-refractivity contribution is 7.89. The van der Waals surface area contributed by atoms with Gasteiger partial charge >= 0.3 is 11.8 Å². The van der Waals surface area contributed by atoms with Gasteiger partial charge in [0.15, 0.2) is 0 Å². The van der Waals surface area contributed by atoms with Crippen molar-refractivity contribution in [1.29, 1.82) is 0 Å². The minimum absolute atomic E-state index is 0.0562. The topological polar surface area (TPSA) is 125 Å². The van der Waals surface area contributed by atoms with Crippen LogP contribution < -0.4 is 15.1 Å². The van der Waals surface area contributed by atoms with Gasteiger partial charge in [-0.05, 0) is 54.1 Å². The highest BCUT2D eigenvalue weighted by Crippen LogP contribution is 2.28. The number of anilines is 1. The van der Waals surface area contributed by atoms with Crippen LogP contribution in [0.3, 0.4) is 0 Å². The normalized spacial score (nSPS) is 13.8. The summed E-state index contributed by atoms with van der Waals surface area (Å²) in [6.07, 6.45) is 1.25. The van der Waals surface area contributed by atoms with Crippen LogP contribution in [-0.4, -0.2) is 68.9 Å². The van der Waals surface area contributed by atoms with Gasteiger partial charge in [-0.1, -0.05) is 54.1 Å². The molecule has 0 aliphatic carbocycles. The van der Waals surface area contributed by atoms with E-state index < -0.39 is 21.8 Å². The van der Waals surface area contributed by atoms with Crippen LogP contribution in [0, 0.1) is 0 Å². The standard InChI is InChI=1S/C32H32ClN5O6S/c1-43-30-10-6-5-9-29(30)36-17-19-37(20-18-36)32(40)31(39)35-34-21-26-13-14-27(44-26)23-38(22-24-7-3-2-4-8-24)45(41,42)28-15-11-25(33)12-16-28/h2-16,21H,17-20,22-23H2,1H3,(H,35,39)/b34-21+. The minimum atomic E-state index is -3.90. The van der Waals surface area contributed by atoms with Gasteiger partial charge in [0, 0.05) is 37.7 Å². The fourth-order valence-electron chi connectivity index (χ4n) is 4.88. The molecule has 0 saturated carbocycles. The van der Waals surface area contributed by atoms with E-state index in [4.69, 9.17) is 20.8 Å². The van der Waals surface area contributed by atoms with Crippen molar-refractivity contribution in [2.45, 2.75) is 18.0 Å². The van der Waals surface area contributed by atoms with Crippen molar-refractivity contribution < 1.29 is 27.2 Å². The molecule has 1 saturated heterocycles. The molecule has 11 nitrogen and oxygen atoms in total. The van der Waals surface area contributed by atoms with Gasteiger partial charge in [0.05, 0.1) is 30.5 Å². The molecular formula is C32H32ClN5O6S. The molecule has 5 rings (SSSR count). The summed E-state index contributed by atoms with van der Waals surface area (Å²) >= 11 is 5.97. The molecular weight excluding hydrogens is 618 g/mol. The summed E-state index contributed by atoms with van der Waals surface area (Å²) in [5.41, 5.74) is 3.99. The Morgan fingerprint density at radius 3 is 2.33 bits per heavy atom. The van der Waals surface area contributed by atoms with Crippen LogP contribution in [0.5, 0.6) is 5.75 Å². The number of para-hydroxylation sites is 2. The van der Waals surface area contributed by atoms with Crippen LogP contribution in [0.25, 0.3) is 0 Å². The zero-order chi connectivity index (χ0) is 31.8. The largest absolute Gasteiger partial charge is 0.495 e. The van der Waals surface area contributed by atoms with Gasteiger partial charge in [-0.25, -0.2) is 13.8 Å². The first-order valence-corrected chi connectivity index (χ1v) is 15.9. The molecule has 0 spiro atoms. The monoisotopic (exact) mass is 649 g/mol. The Bertz CT molecular complexity index is 1750. The number of piperazine rings is 1. The first-order valence-electron chi connectivity index (χ1n) is 14.1. The number of carbonyl (C=O) groups is 2. The van der Waals surface area contributed by atoms with Crippen LogP contribution in [0.4, 0.5) is 5.69 Å². The van der Waals surface area contributed by atoms with E-state index in [0.29, 0.717) is 37.0 Å². The highest BCUT2D eigenvalue weighted by atomic mass is 35.5. The van der Waals surface area contributed by atoms with E-state index in [1.165, 1.54) is 39.7 Å². The number of furan rings is 1. The van der Waals surface area contributed by atoms with E-state index in [0.717, 1.165) is 17.0 Å². The fourth-order valence-corrected chi connectivity index (χ4v) is 6.40. The molecule has 0 atom stereocenters. The molecule has 1 aromatic heterocycles. The predicted octanol–water partition coefficient (Wildman–Crippen LogP) is 4.13. The van der Waals surface area contributed by atoms with Crippen molar-refractivity contribution in [2.75, 3.05) is 38.2 Å². The van der Waals surface area contributed by atoms with Gasteiger partial charge in [-0.3, -0.25) is 9.59 Å². The Balaban J connectivity index is 1.18. The lowest BCUT2D eigenvalue weighted by atomic mass is 10.2. The van der Waals surface area contributed by atoms with Crippen LogP contribution in [-0.2, 0) is 32.7 Å². The maximum atomic E-state index is 13.5. The number of benzene rings is 3. The minimum Gasteiger partial charge on any atom is -0.495 e. The van der Waals surface area contributed by atoms with Gasteiger partial charge in [0.1, 0.15) is 17.3 Å². The van der Waals surface area contributed by atoms with Gasteiger partial charge < -0.3 is 19.0 Å². The van der Waals surface area contributed by atoms with Crippen molar-refractivity contribution in [3.63, 3.8) is 0 Å². The molecule has 234 valence electrons. The zero-order valence-electron chi connectivity index (χ0n) is 24.5. The summed E-state index contributed by atoms with van der Waals surface area (Å²) in [6.45, 7) is 1.89. The molecule has 0 unspecified atom stereocenters. The lowest BCUT2D eigenvalue weighted by Gasteiger charge is -2.36. The first-order chi connectivity index (χ1) is 21.7. The molecule has 1 N–H and O–H groups in total. The summed E-state index contributed by atoms with van der Waals surface area (Å²) in [4.78, 5) is 28.9. The number of nitrogens with zero attached hydrogens (tertiary/aromatic N) is 4. The van der Waals surface area contributed by atoms with Crippen molar-refractivity contribution in [1.82, 2.24) is 14.6 Å². The third-order valence-corrected chi connectivity index (χ3v) is 9.27. The van der Waals surface area contributed by atoms with Gasteiger partial charge in [0.25, 0.3) is 0 Å². The van der Waals surface area contributed by atoms with Crippen LogP contribution >= 0.6 is 11.6 Å². The smallest absolute Gasteiger partial charge is 0.329 e. The SMILES string of the molecule is COc1ccccc1N1CCN(C(=O)C(=O)N/N=C/c2ccc(CN(Cc3ccccc3)S(=O)(=O)c3ccc(Cl)cc3)o2)CC1. The first kappa shape index (κ1) is 31.8. The predicted molar refractivity (Wildman–Crippen MR) is 171 cm³/mol. The molecule has 1 aliphatic rings.